The van der Waals surface area contributed by atoms with E-state index in [1.165, 1.54) is 12.3 Å². The smallest absolute Gasteiger partial charge is 0.256 e. The predicted molar refractivity (Wildman–Crippen MR) is 63.0 cm³/mol. The lowest BCUT2D eigenvalue weighted by molar-refractivity contribution is 0.0779. The van der Waals surface area contributed by atoms with Gasteiger partial charge in [-0.05, 0) is 24.3 Å². The second kappa shape index (κ2) is 4.82. The van der Waals surface area contributed by atoms with Crippen LogP contribution in [0.25, 0.3) is 0 Å². The molecule has 1 aliphatic heterocycles. The number of pyridine rings is 1. The van der Waals surface area contributed by atoms with Crippen LogP contribution in [0.1, 0.15) is 30.6 Å². The number of likely N-dealkylation sites (tertiary alicyclic amines) is 1. The minimum absolute atomic E-state index is 0.129. The van der Waals surface area contributed by atoms with Gasteiger partial charge in [0, 0.05) is 19.3 Å². The van der Waals surface area contributed by atoms with E-state index in [0.717, 1.165) is 25.7 Å². The number of amides is 1. The monoisotopic (exact) mass is 236 g/mol. The van der Waals surface area contributed by atoms with E-state index >= 15 is 0 Å². The SMILES string of the molecule is CC(C)C1CCN(C(=O)c2ccncc2F)C1. The van der Waals surface area contributed by atoms with Gasteiger partial charge in [0.25, 0.3) is 5.91 Å². The highest BCUT2D eigenvalue weighted by Crippen LogP contribution is 2.25. The molecule has 2 heterocycles. The van der Waals surface area contributed by atoms with E-state index in [2.05, 4.69) is 18.8 Å². The van der Waals surface area contributed by atoms with Crippen LogP contribution in [-0.2, 0) is 0 Å². The van der Waals surface area contributed by atoms with Crippen LogP contribution in [0, 0.1) is 17.7 Å². The molecule has 17 heavy (non-hydrogen) atoms. The second-order valence-electron chi connectivity index (χ2n) is 4.90. The van der Waals surface area contributed by atoms with Gasteiger partial charge >= 0.3 is 0 Å². The molecule has 1 unspecified atom stereocenters. The molecule has 1 aliphatic rings. The molecule has 0 aliphatic carbocycles. The predicted octanol–water partition coefficient (Wildman–Crippen LogP) is 2.34. The van der Waals surface area contributed by atoms with E-state index in [4.69, 9.17) is 0 Å². The molecule has 1 fully saturated rings. The number of carbonyl (C=O) groups excluding carboxylic acids is 1. The molecular formula is C13H17FN2O. The molecule has 0 aromatic carbocycles. The van der Waals surface area contributed by atoms with Gasteiger partial charge in [0.2, 0.25) is 0 Å². The van der Waals surface area contributed by atoms with Crippen LogP contribution in [-0.4, -0.2) is 28.9 Å². The summed E-state index contributed by atoms with van der Waals surface area (Å²) in [5.41, 5.74) is 0.129. The lowest BCUT2D eigenvalue weighted by atomic mass is 9.95. The Morgan fingerprint density at radius 2 is 2.35 bits per heavy atom. The Hall–Kier alpha value is -1.45. The summed E-state index contributed by atoms with van der Waals surface area (Å²) in [5, 5.41) is 0. The molecule has 1 amide bonds. The van der Waals surface area contributed by atoms with E-state index in [1.54, 1.807) is 4.90 Å². The summed E-state index contributed by atoms with van der Waals surface area (Å²) in [6.45, 7) is 5.78. The fourth-order valence-corrected chi connectivity index (χ4v) is 2.23. The van der Waals surface area contributed by atoms with Crippen LogP contribution < -0.4 is 0 Å². The highest BCUT2D eigenvalue weighted by atomic mass is 19.1. The molecule has 1 atom stereocenters. The third kappa shape index (κ3) is 2.46. The van der Waals surface area contributed by atoms with Gasteiger partial charge in [-0.25, -0.2) is 4.39 Å². The number of rotatable bonds is 2. The number of carbonyl (C=O) groups is 1. The number of nitrogens with zero attached hydrogens (tertiary/aromatic N) is 2. The van der Waals surface area contributed by atoms with Crippen molar-refractivity contribution in [2.45, 2.75) is 20.3 Å². The Balaban J connectivity index is 2.10. The number of halogens is 1. The van der Waals surface area contributed by atoms with Gasteiger partial charge in [-0.2, -0.15) is 0 Å². The average Bonchev–Trinajstić information content (AvgIpc) is 2.78. The first-order valence-electron chi connectivity index (χ1n) is 5.98. The third-order valence-electron chi connectivity index (χ3n) is 3.46. The summed E-state index contributed by atoms with van der Waals surface area (Å²) in [7, 11) is 0. The zero-order valence-electron chi connectivity index (χ0n) is 10.2. The summed E-state index contributed by atoms with van der Waals surface area (Å²) in [6, 6.07) is 1.44. The fraction of sp³-hybridized carbons (Fsp3) is 0.538. The van der Waals surface area contributed by atoms with Gasteiger partial charge < -0.3 is 4.90 Å². The maximum atomic E-state index is 13.4. The van der Waals surface area contributed by atoms with Crippen molar-refractivity contribution in [1.29, 1.82) is 0 Å². The summed E-state index contributed by atoms with van der Waals surface area (Å²) in [4.78, 5) is 17.5. The van der Waals surface area contributed by atoms with Crippen LogP contribution in [0.15, 0.2) is 18.5 Å². The molecule has 0 bridgehead atoms. The van der Waals surface area contributed by atoms with Crippen molar-refractivity contribution in [2.24, 2.45) is 11.8 Å². The number of hydrogen-bond donors (Lipinski definition) is 0. The highest BCUT2D eigenvalue weighted by molar-refractivity contribution is 5.94. The largest absolute Gasteiger partial charge is 0.338 e. The Labute approximate surface area is 101 Å². The van der Waals surface area contributed by atoms with Crippen LogP contribution in [0.2, 0.25) is 0 Å². The van der Waals surface area contributed by atoms with Crippen molar-refractivity contribution < 1.29 is 9.18 Å². The van der Waals surface area contributed by atoms with E-state index < -0.39 is 5.82 Å². The van der Waals surface area contributed by atoms with E-state index in [9.17, 15) is 9.18 Å². The van der Waals surface area contributed by atoms with Crippen molar-refractivity contribution in [3.63, 3.8) is 0 Å². The van der Waals surface area contributed by atoms with Gasteiger partial charge in [-0.15, -0.1) is 0 Å². The molecule has 1 saturated heterocycles. The molecule has 0 spiro atoms. The Bertz CT molecular complexity index is 420. The molecule has 0 saturated carbocycles. The quantitative estimate of drug-likeness (QED) is 0.789. The maximum Gasteiger partial charge on any atom is 0.256 e. The number of hydrogen-bond acceptors (Lipinski definition) is 2. The van der Waals surface area contributed by atoms with Crippen LogP contribution >= 0.6 is 0 Å². The van der Waals surface area contributed by atoms with E-state index in [0.29, 0.717) is 11.8 Å². The first kappa shape index (κ1) is 12.0. The van der Waals surface area contributed by atoms with E-state index in [1.807, 2.05) is 0 Å². The fourth-order valence-electron chi connectivity index (χ4n) is 2.23. The van der Waals surface area contributed by atoms with Crippen LogP contribution in [0.3, 0.4) is 0 Å². The molecule has 0 N–H and O–H groups in total. The van der Waals surface area contributed by atoms with Crippen molar-refractivity contribution in [2.75, 3.05) is 13.1 Å². The topological polar surface area (TPSA) is 33.2 Å². The Morgan fingerprint density at radius 3 is 2.94 bits per heavy atom. The Morgan fingerprint density at radius 1 is 1.59 bits per heavy atom. The number of aromatic nitrogens is 1. The lowest BCUT2D eigenvalue weighted by Crippen LogP contribution is -2.30. The van der Waals surface area contributed by atoms with Crippen LogP contribution in [0.4, 0.5) is 4.39 Å². The summed E-state index contributed by atoms with van der Waals surface area (Å²) in [5.74, 6) is 0.345. The van der Waals surface area contributed by atoms with E-state index in [-0.39, 0.29) is 11.5 Å². The molecule has 3 nitrogen and oxygen atoms in total. The zero-order valence-corrected chi connectivity index (χ0v) is 10.2. The van der Waals surface area contributed by atoms with Crippen molar-refractivity contribution in [3.05, 3.63) is 29.8 Å². The molecule has 2 rings (SSSR count). The highest BCUT2D eigenvalue weighted by Gasteiger charge is 2.29. The molecule has 1 aromatic rings. The second-order valence-corrected chi connectivity index (χ2v) is 4.90. The van der Waals surface area contributed by atoms with Crippen LogP contribution in [0.5, 0.6) is 0 Å². The van der Waals surface area contributed by atoms with Crippen molar-refractivity contribution in [3.8, 4) is 0 Å². The summed E-state index contributed by atoms with van der Waals surface area (Å²) < 4.78 is 13.4. The minimum Gasteiger partial charge on any atom is -0.338 e. The minimum atomic E-state index is -0.537. The lowest BCUT2D eigenvalue weighted by Gasteiger charge is -2.18. The van der Waals surface area contributed by atoms with Gasteiger partial charge in [-0.1, -0.05) is 13.8 Å². The average molecular weight is 236 g/mol. The van der Waals surface area contributed by atoms with Gasteiger partial charge in [0.15, 0.2) is 5.82 Å². The first-order chi connectivity index (χ1) is 8.09. The normalized spacial score (nSPS) is 20.0. The molecule has 0 radical (unpaired) electrons. The summed E-state index contributed by atoms with van der Waals surface area (Å²) in [6.07, 6.45) is 3.55. The third-order valence-corrected chi connectivity index (χ3v) is 3.46. The molecule has 4 heteroatoms. The Kier molecular flexibility index (Phi) is 3.41. The molecule has 1 aromatic heterocycles. The van der Waals surface area contributed by atoms with Gasteiger partial charge in [-0.3, -0.25) is 9.78 Å². The first-order valence-corrected chi connectivity index (χ1v) is 5.98. The van der Waals surface area contributed by atoms with Crippen molar-refractivity contribution >= 4 is 5.91 Å². The zero-order chi connectivity index (χ0) is 12.4. The van der Waals surface area contributed by atoms with Gasteiger partial charge in [0.1, 0.15) is 0 Å². The molecule has 92 valence electrons. The standard InChI is InChI=1S/C13H17FN2O/c1-9(2)10-4-6-16(8-10)13(17)11-3-5-15-7-12(11)14/h3,5,7,9-10H,4,6,8H2,1-2H3. The molecular weight excluding hydrogens is 219 g/mol. The van der Waals surface area contributed by atoms with Crippen molar-refractivity contribution in [1.82, 2.24) is 9.88 Å². The summed E-state index contributed by atoms with van der Waals surface area (Å²) >= 11 is 0. The van der Waals surface area contributed by atoms with Gasteiger partial charge in [0.05, 0.1) is 11.8 Å². The maximum absolute atomic E-state index is 13.4.